The van der Waals surface area contributed by atoms with E-state index in [2.05, 4.69) is 31.2 Å². The molecule has 1 N–H and O–H groups in total. The van der Waals surface area contributed by atoms with E-state index >= 15 is 0 Å². The molecular formula is C13H23N3O. The van der Waals surface area contributed by atoms with Crippen molar-refractivity contribution < 1.29 is 4.74 Å². The van der Waals surface area contributed by atoms with Crippen LogP contribution in [0.25, 0.3) is 0 Å². The molecule has 1 aliphatic carbocycles. The van der Waals surface area contributed by atoms with Gasteiger partial charge in [0.2, 0.25) is 0 Å². The molecule has 1 saturated carbocycles. The maximum Gasteiger partial charge on any atom is 0.157 e. The minimum atomic E-state index is 0.242. The number of nitrogens with one attached hydrogen (secondary N) is 1. The van der Waals surface area contributed by atoms with E-state index in [1.165, 1.54) is 0 Å². The van der Waals surface area contributed by atoms with Gasteiger partial charge in [0.1, 0.15) is 6.10 Å². The first-order valence-electron chi connectivity index (χ1n) is 6.48. The fourth-order valence-corrected chi connectivity index (χ4v) is 2.66. The van der Waals surface area contributed by atoms with Crippen molar-refractivity contribution in [2.75, 3.05) is 6.54 Å². The lowest BCUT2D eigenvalue weighted by atomic mass is 9.61. The third kappa shape index (κ3) is 2.18. The minimum Gasteiger partial charge on any atom is -0.486 e. The summed E-state index contributed by atoms with van der Waals surface area (Å²) >= 11 is 0. The van der Waals surface area contributed by atoms with Crippen molar-refractivity contribution in [1.29, 1.82) is 0 Å². The van der Waals surface area contributed by atoms with E-state index in [1.807, 2.05) is 13.2 Å². The van der Waals surface area contributed by atoms with Crippen molar-refractivity contribution in [3.63, 3.8) is 0 Å². The first-order valence-corrected chi connectivity index (χ1v) is 6.48. The predicted octanol–water partition coefficient (Wildman–Crippen LogP) is 1.97. The number of hydrogen-bond donors (Lipinski definition) is 1. The maximum absolute atomic E-state index is 6.03. The van der Waals surface area contributed by atoms with E-state index in [4.69, 9.17) is 4.74 Å². The molecule has 1 heterocycles. The highest BCUT2D eigenvalue weighted by Crippen LogP contribution is 2.45. The number of aryl methyl sites for hydroxylation is 1. The Hall–Kier alpha value is -1.03. The second kappa shape index (κ2) is 4.69. The van der Waals surface area contributed by atoms with E-state index in [0.29, 0.717) is 12.1 Å². The van der Waals surface area contributed by atoms with Crippen LogP contribution in [0.1, 0.15) is 33.6 Å². The highest BCUT2D eigenvalue weighted by atomic mass is 16.5. The Balaban J connectivity index is 1.99. The molecule has 3 unspecified atom stereocenters. The molecule has 4 heteroatoms. The number of aromatic nitrogens is 2. The second-order valence-electron chi connectivity index (χ2n) is 5.16. The van der Waals surface area contributed by atoms with Crippen molar-refractivity contribution in [1.82, 2.24) is 15.1 Å². The lowest BCUT2D eigenvalue weighted by Crippen LogP contribution is -2.63. The van der Waals surface area contributed by atoms with Gasteiger partial charge >= 0.3 is 0 Å². The molecule has 4 nitrogen and oxygen atoms in total. The lowest BCUT2D eigenvalue weighted by Gasteiger charge is -2.53. The van der Waals surface area contributed by atoms with Crippen LogP contribution in [0.15, 0.2) is 12.4 Å². The van der Waals surface area contributed by atoms with Crippen LogP contribution in [0.5, 0.6) is 5.75 Å². The van der Waals surface area contributed by atoms with Crippen molar-refractivity contribution in [3.05, 3.63) is 12.4 Å². The second-order valence-corrected chi connectivity index (χ2v) is 5.16. The molecule has 0 aliphatic heterocycles. The third-order valence-electron chi connectivity index (χ3n) is 4.15. The van der Waals surface area contributed by atoms with Crippen LogP contribution in [0.2, 0.25) is 0 Å². The van der Waals surface area contributed by atoms with Gasteiger partial charge in [0.25, 0.3) is 0 Å². The van der Waals surface area contributed by atoms with E-state index in [9.17, 15) is 0 Å². The highest BCUT2D eigenvalue weighted by molar-refractivity contribution is 5.15. The number of nitrogens with zero attached hydrogens (tertiary/aromatic N) is 2. The average molecular weight is 237 g/mol. The van der Waals surface area contributed by atoms with Crippen molar-refractivity contribution in [3.8, 4) is 5.75 Å². The molecule has 0 bridgehead atoms. The fourth-order valence-electron chi connectivity index (χ4n) is 2.66. The molecule has 1 aliphatic rings. The van der Waals surface area contributed by atoms with Crippen molar-refractivity contribution >= 4 is 0 Å². The maximum atomic E-state index is 6.03. The van der Waals surface area contributed by atoms with Gasteiger partial charge in [-0.2, -0.15) is 5.10 Å². The smallest absolute Gasteiger partial charge is 0.157 e. The van der Waals surface area contributed by atoms with Crippen LogP contribution < -0.4 is 10.1 Å². The third-order valence-corrected chi connectivity index (χ3v) is 4.15. The van der Waals surface area contributed by atoms with Crippen LogP contribution in [0.3, 0.4) is 0 Å². The number of ether oxygens (including phenoxy) is 1. The quantitative estimate of drug-likeness (QED) is 0.851. The van der Waals surface area contributed by atoms with E-state index in [-0.39, 0.29) is 5.41 Å². The standard InChI is InChI=1S/C13H23N3O/c1-5-13(3)11(14-6-2)7-12(13)17-10-8-15-16(4)9-10/h8-9,11-12,14H,5-7H2,1-4H3. The predicted molar refractivity (Wildman–Crippen MR) is 68.1 cm³/mol. The monoisotopic (exact) mass is 237 g/mol. The summed E-state index contributed by atoms with van der Waals surface area (Å²) in [6.07, 6.45) is 6.25. The fraction of sp³-hybridized carbons (Fsp3) is 0.769. The Morgan fingerprint density at radius 2 is 2.35 bits per heavy atom. The molecule has 96 valence electrons. The van der Waals surface area contributed by atoms with Gasteiger partial charge < -0.3 is 10.1 Å². The summed E-state index contributed by atoms with van der Waals surface area (Å²) in [5.74, 6) is 0.882. The molecule has 1 aromatic heterocycles. The van der Waals surface area contributed by atoms with E-state index in [1.54, 1.807) is 10.9 Å². The molecule has 0 radical (unpaired) electrons. The molecule has 0 spiro atoms. The Labute approximate surface area is 103 Å². The zero-order valence-corrected chi connectivity index (χ0v) is 11.2. The summed E-state index contributed by atoms with van der Waals surface area (Å²) in [6, 6.07) is 0.583. The van der Waals surface area contributed by atoms with Gasteiger partial charge in [0, 0.05) is 24.9 Å². The summed E-state index contributed by atoms with van der Waals surface area (Å²) in [6.45, 7) is 7.74. The zero-order chi connectivity index (χ0) is 12.5. The number of hydrogen-bond acceptors (Lipinski definition) is 3. The molecule has 1 aromatic rings. The van der Waals surface area contributed by atoms with Crippen LogP contribution in [0.4, 0.5) is 0 Å². The Kier molecular flexibility index (Phi) is 3.43. The minimum absolute atomic E-state index is 0.242. The molecule has 0 amide bonds. The van der Waals surface area contributed by atoms with Gasteiger partial charge in [-0.15, -0.1) is 0 Å². The highest BCUT2D eigenvalue weighted by Gasteiger charge is 2.51. The summed E-state index contributed by atoms with van der Waals surface area (Å²) in [5.41, 5.74) is 0.242. The van der Waals surface area contributed by atoms with Gasteiger partial charge in [-0.25, -0.2) is 0 Å². The average Bonchev–Trinajstić information content (AvgIpc) is 2.72. The van der Waals surface area contributed by atoms with Crippen LogP contribution in [-0.2, 0) is 7.05 Å². The lowest BCUT2D eigenvalue weighted by molar-refractivity contribution is -0.0697. The molecule has 0 aromatic carbocycles. The summed E-state index contributed by atoms with van der Waals surface area (Å²) in [7, 11) is 1.91. The number of rotatable bonds is 5. The van der Waals surface area contributed by atoms with Gasteiger partial charge in [0.05, 0.1) is 12.4 Å². The molecule has 3 atom stereocenters. The van der Waals surface area contributed by atoms with Crippen LogP contribution in [-0.4, -0.2) is 28.5 Å². The van der Waals surface area contributed by atoms with Crippen LogP contribution >= 0.6 is 0 Å². The van der Waals surface area contributed by atoms with Crippen molar-refractivity contribution in [2.24, 2.45) is 12.5 Å². The normalized spacial score (nSPS) is 32.2. The Bertz CT molecular complexity index is 376. The molecule has 17 heavy (non-hydrogen) atoms. The molecule has 1 fully saturated rings. The van der Waals surface area contributed by atoms with Crippen LogP contribution in [0, 0.1) is 5.41 Å². The summed E-state index contributed by atoms with van der Waals surface area (Å²) in [5, 5.41) is 7.68. The van der Waals surface area contributed by atoms with E-state index in [0.717, 1.165) is 25.1 Å². The molecule has 0 saturated heterocycles. The largest absolute Gasteiger partial charge is 0.486 e. The molecule has 2 rings (SSSR count). The van der Waals surface area contributed by atoms with Gasteiger partial charge in [-0.3, -0.25) is 4.68 Å². The summed E-state index contributed by atoms with van der Waals surface area (Å²) < 4.78 is 7.81. The molecular weight excluding hydrogens is 214 g/mol. The van der Waals surface area contributed by atoms with E-state index < -0.39 is 0 Å². The van der Waals surface area contributed by atoms with Gasteiger partial charge in [-0.05, 0) is 13.0 Å². The first kappa shape index (κ1) is 12.4. The van der Waals surface area contributed by atoms with Gasteiger partial charge in [-0.1, -0.05) is 20.8 Å². The Morgan fingerprint density at radius 1 is 1.59 bits per heavy atom. The SMILES string of the molecule is CCNC1CC(Oc2cnn(C)c2)C1(C)CC. The first-order chi connectivity index (χ1) is 8.10. The Morgan fingerprint density at radius 3 is 2.88 bits per heavy atom. The van der Waals surface area contributed by atoms with Crippen molar-refractivity contribution in [2.45, 2.75) is 45.8 Å². The zero-order valence-electron chi connectivity index (χ0n) is 11.2. The topological polar surface area (TPSA) is 39.1 Å². The van der Waals surface area contributed by atoms with Gasteiger partial charge in [0.15, 0.2) is 5.75 Å². The summed E-state index contributed by atoms with van der Waals surface area (Å²) in [4.78, 5) is 0.